The van der Waals surface area contributed by atoms with Crippen LogP contribution in [0, 0.1) is 0 Å². The monoisotopic (exact) mass is 365 g/mol. The van der Waals surface area contributed by atoms with Crippen molar-refractivity contribution in [1.82, 2.24) is 24.8 Å². The summed E-state index contributed by atoms with van der Waals surface area (Å²) in [5, 5.41) is 9.84. The molecule has 4 aromatic heterocycles. The molecule has 6 heteroatoms. The van der Waals surface area contributed by atoms with E-state index in [0.717, 1.165) is 27.8 Å². The Labute approximate surface area is 157 Å². The molecule has 0 N–H and O–H groups in total. The summed E-state index contributed by atoms with van der Waals surface area (Å²) in [6.07, 6.45) is 6.52. The summed E-state index contributed by atoms with van der Waals surface area (Å²) in [5.41, 5.74) is 3.35. The van der Waals surface area contributed by atoms with Crippen molar-refractivity contribution in [3.05, 3.63) is 53.1 Å². The van der Waals surface area contributed by atoms with Crippen LogP contribution >= 0.6 is 11.3 Å². The molecule has 5 nitrogen and oxygen atoms in total. The van der Waals surface area contributed by atoms with E-state index >= 15 is 0 Å². The first kappa shape index (κ1) is 17.1. The Morgan fingerprint density at radius 2 is 1.92 bits per heavy atom. The molecule has 0 aliphatic carbocycles. The minimum atomic E-state index is -0.0132. The van der Waals surface area contributed by atoms with Gasteiger partial charge in [0.25, 0.3) is 0 Å². The standard InChI is InChI=1S/C20H23N5S/c1-19(2,3)17-15-7-6-13(11-25(15)24-23-17)9-20(4,5)16-8-14-10-21-12-22-18(14)26-16/h6-8,10-12H,9H2,1-5H3. The van der Waals surface area contributed by atoms with Gasteiger partial charge in [-0.2, -0.15) is 0 Å². The van der Waals surface area contributed by atoms with Crippen molar-refractivity contribution in [1.29, 1.82) is 0 Å². The Balaban J connectivity index is 1.67. The average molecular weight is 366 g/mol. The lowest BCUT2D eigenvalue weighted by atomic mass is 9.84. The third-order valence-electron chi connectivity index (χ3n) is 4.69. The van der Waals surface area contributed by atoms with Crippen LogP contribution in [-0.4, -0.2) is 24.8 Å². The summed E-state index contributed by atoms with van der Waals surface area (Å²) in [6, 6.07) is 6.55. The van der Waals surface area contributed by atoms with Gasteiger partial charge in [0.05, 0.1) is 11.2 Å². The maximum atomic E-state index is 4.39. The Morgan fingerprint density at radius 1 is 1.12 bits per heavy atom. The Morgan fingerprint density at radius 3 is 2.65 bits per heavy atom. The molecular formula is C20H23N5S. The van der Waals surface area contributed by atoms with Gasteiger partial charge in [0.15, 0.2) is 0 Å². The minimum absolute atomic E-state index is 0.00643. The van der Waals surface area contributed by atoms with Gasteiger partial charge in [0.2, 0.25) is 0 Å². The van der Waals surface area contributed by atoms with Crippen LogP contribution in [0.4, 0.5) is 0 Å². The second kappa shape index (κ2) is 5.84. The van der Waals surface area contributed by atoms with Gasteiger partial charge in [0.1, 0.15) is 11.2 Å². The first-order valence-corrected chi connectivity index (χ1v) is 9.60. The van der Waals surface area contributed by atoms with Gasteiger partial charge in [-0.3, -0.25) is 0 Å². The highest BCUT2D eigenvalue weighted by molar-refractivity contribution is 7.18. The molecule has 0 aliphatic heterocycles. The summed E-state index contributed by atoms with van der Waals surface area (Å²) in [7, 11) is 0. The molecule has 0 bridgehead atoms. The number of thiophene rings is 1. The van der Waals surface area contributed by atoms with Crippen LogP contribution in [0.25, 0.3) is 15.7 Å². The molecule has 0 radical (unpaired) electrons. The molecule has 0 fully saturated rings. The smallest absolute Gasteiger partial charge is 0.126 e. The Bertz CT molecular complexity index is 1050. The zero-order valence-electron chi connectivity index (χ0n) is 15.8. The zero-order valence-corrected chi connectivity index (χ0v) is 16.6. The molecule has 4 rings (SSSR count). The van der Waals surface area contributed by atoms with Gasteiger partial charge in [-0.05, 0) is 24.1 Å². The van der Waals surface area contributed by atoms with Crippen molar-refractivity contribution in [2.45, 2.75) is 51.9 Å². The second-order valence-corrected chi connectivity index (χ2v) is 9.54. The van der Waals surface area contributed by atoms with E-state index in [0.29, 0.717) is 0 Å². The molecule has 4 aromatic rings. The van der Waals surface area contributed by atoms with Gasteiger partial charge in [0, 0.05) is 33.5 Å². The molecule has 0 aliphatic rings. The predicted octanol–water partition coefficient (Wildman–Crippen LogP) is 4.55. The number of pyridine rings is 1. The lowest BCUT2D eigenvalue weighted by Crippen LogP contribution is -2.19. The highest BCUT2D eigenvalue weighted by Gasteiger charge is 2.25. The summed E-state index contributed by atoms with van der Waals surface area (Å²) < 4.78 is 1.91. The molecule has 0 aromatic carbocycles. The van der Waals surface area contributed by atoms with E-state index in [-0.39, 0.29) is 10.8 Å². The average Bonchev–Trinajstić information content (AvgIpc) is 3.18. The van der Waals surface area contributed by atoms with Crippen LogP contribution in [0.2, 0.25) is 0 Å². The first-order valence-electron chi connectivity index (χ1n) is 8.78. The van der Waals surface area contributed by atoms with E-state index in [9.17, 15) is 0 Å². The number of hydrogen-bond donors (Lipinski definition) is 0. The molecular weight excluding hydrogens is 342 g/mol. The highest BCUT2D eigenvalue weighted by Crippen LogP contribution is 2.35. The van der Waals surface area contributed by atoms with Crippen molar-refractivity contribution < 1.29 is 0 Å². The van der Waals surface area contributed by atoms with Crippen molar-refractivity contribution in [2.24, 2.45) is 0 Å². The van der Waals surface area contributed by atoms with Crippen LogP contribution < -0.4 is 0 Å². The molecule has 0 saturated heterocycles. The Hall–Kier alpha value is -2.34. The first-order chi connectivity index (χ1) is 12.2. The maximum absolute atomic E-state index is 4.39. The maximum Gasteiger partial charge on any atom is 0.126 e. The van der Waals surface area contributed by atoms with E-state index in [2.05, 4.69) is 79.3 Å². The highest BCUT2D eigenvalue weighted by atomic mass is 32.1. The van der Waals surface area contributed by atoms with Gasteiger partial charge in [-0.25, -0.2) is 14.5 Å². The number of hydrogen-bond acceptors (Lipinski definition) is 5. The van der Waals surface area contributed by atoms with Crippen LogP contribution in [0.1, 0.15) is 50.8 Å². The van der Waals surface area contributed by atoms with Crippen molar-refractivity contribution in [3.8, 4) is 0 Å². The quantitative estimate of drug-likeness (QED) is 0.534. The number of aromatic nitrogens is 5. The lowest BCUT2D eigenvalue weighted by Gasteiger charge is -2.23. The topological polar surface area (TPSA) is 56.0 Å². The van der Waals surface area contributed by atoms with Crippen LogP contribution in [-0.2, 0) is 17.3 Å². The third-order valence-corrected chi connectivity index (χ3v) is 6.12. The van der Waals surface area contributed by atoms with Crippen molar-refractivity contribution in [2.75, 3.05) is 0 Å². The summed E-state index contributed by atoms with van der Waals surface area (Å²) in [6.45, 7) is 11.0. The van der Waals surface area contributed by atoms with Gasteiger partial charge in [-0.15, -0.1) is 16.4 Å². The molecule has 0 amide bonds. The van der Waals surface area contributed by atoms with E-state index in [1.807, 2.05) is 10.7 Å². The fraction of sp³-hybridized carbons (Fsp3) is 0.400. The van der Waals surface area contributed by atoms with Crippen LogP contribution in [0.15, 0.2) is 36.9 Å². The second-order valence-electron chi connectivity index (χ2n) is 8.51. The fourth-order valence-electron chi connectivity index (χ4n) is 3.30. The predicted molar refractivity (Wildman–Crippen MR) is 106 cm³/mol. The van der Waals surface area contributed by atoms with E-state index in [1.165, 1.54) is 10.4 Å². The molecule has 0 atom stereocenters. The molecule has 4 heterocycles. The third kappa shape index (κ3) is 2.98. The van der Waals surface area contributed by atoms with Gasteiger partial charge in [-0.1, -0.05) is 45.9 Å². The number of fused-ring (bicyclic) bond motifs is 2. The number of rotatable bonds is 3. The summed E-state index contributed by atoms with van der Waals surface area (Å²) in [5.74, 6) is 0. The molecule has 134 valence electrons. The van der Waals surface area contributed by atoms with Crippen molar-refractivity contribution in [3.63, 3.8) is 0 Å². The van der Waals surface area contributed by atoms with Crippen LogP contribution in [0.3, 0.4) is 0 Å². The molecule has 0 saturated carbocycles. The molecule has 26 heavy (non-hydrogen) atoms. The van der Waals surface area contributed by atoms with Crippen molar-refractivity contribution >= 4 is 27.1 Å². The molecule has 0 spiro atoms. The Kier molecular flexibility index (Phi) is 3.84. The SMILES string of the molecule is CC(C)(C)c1nnn2cc(CC(C)(C)c3cc4cncnc4s3)ccc12. The van der Waals surface area contributed by atoms with Gasteiger partial charge >= 0.3 is 0 Å². The van der Waals surface area contributed by atoms with Crippen LogP contribution in [0.5, 0.6) is 0 Å². The number of nitrogens with zero attached hydrogens (tertiary/aromatic N) is 5. The lowest BCUT2D eigenvalue weighted by molar-refractivity contribution is 0.532. The van der Waals surface area contributed by atoms with E-state index in [4.69, 9.17) is 0 Å². The fourth-order valence-corrected chi connectivity index (χ4v) is 4.37. The largest absolute Gasteiger partial charge is 0.244 e. The summed E-state index contributed by atoms with van der Waals surface area (Å²) >= 11 is 1.75. The zero-order chi connectivity index (χ0) is 18.5. The summed E-state index contributed by atoms with van der Waals surface area (Å²) in [4.78, 5) is 10.9. The molecule has 0 unspecified atom stereocenters. The van der Waals surface area contributed by atoms with Gasteiger partial charge < -0.3 is 0 Å². The van der Waals surface area contributed by atoms with E-state index < -0.39 is 0 Å². The van der Waals surface area contributed by atoms with E-state index in [1.54, 1.807) is 17.7 Å². The normalized spacial score (nSPS) is 13.0. The minimum Gasteiger partial charge on any atom is -0.244 e.